The number of hydrogen-bond donors (Lipinski definition) is 1. The molecule has 1 aliphatic rings. The van der Waals surface area contributed by atoms with E-state index in [1.165, 1.54) is 12.0 Å². The second-order valence-corrected chi connectivity index (χ2v) is 7.33. The van der Waals surface area contributed by atoms with Gasteiger partial charge in [0.05, 0.1) is 12.7 Å². The molecule has 0 aliphatic heterocycles. The summed E-state index contributed by atoms with van der Waals surface area (Å²) in [6.45, 7) is 8.82. The minimum atomic E-state index is -0.604. The van der Waals surface area contributed by atoms with Gasteiger partial charge in [0.15, 0.2) is 0 Å². The van der Waals surface area contributed by atoms with E-state index in [1.54, 1.807) is 7.11 Å². The Labute approximate surface area is 129 Å². The molecule has 3 atom stereocenters. The first kappa shape index (κ1) is 16.4. The smallest absolute Gasteiger partial charge is 0.122 e. The lowest BCUT2D eigenvalue weighted by molar-refractivity contribution is -0.0797. The van der Waals surface area contributed by atoms with Crippen LogP contribution in [0.2, 0.25) is 0 Å². The average molecular weight is 290 g/mol. The molecular formula is C19H30O2. The summed E-state index contributed by atoms with van der Waals surface area (Å²) in [4.78, 5) is 0. The molecule has 1 aromatic rings. The highest BCUT2D eigenvalue weighted by Gasteiger charge is 2.43. The Kier molecular flexibility index (Phi) is 4.98. The second kappa shape index (κ2) is 6.39. The van der Waals surface area contributed by atoms with E-state index in [0.717, 1.165) is 24.2 Å². The van der Waals surface area contributed by atoms with E-state index in [-0.39, 0.29) is 0 Å². The number of methoxy groups -OCH3 is 1. The van der Waals surface area contributed by atoms with Crippen molar-refractivity contribution in [2.24, 2.45) is 17.8 Å². The monoisotopic (exact) mass is 290 g/mol. The van der Waals surface area contributed by atoms with E-state index in [9.17, 15) is 5.11 Å². The molecule has 0 radical (unpaired) electrons. The topological polar surface area (TPSA) is 29.5 Å². The summed E-state index contributed by atoms with van der Waals surface area (Å²) in [5.74, 6) is 2.38. The van der Waals surface area contributed by atoms with E-state index in [0.29, 0.717) is 24.2 Å². The van der Waals surface area contributed by atoms with Crippen molar-refractivity contribution in [1.29, 1.82) is 0 Å². The average Bonchev–Trinajstić information content (AvgIpc) is 2.37. The standard InChI is InChI=1S/C19H30O2/c1-13(2)17-8-6-15(4)11-19(17,20)12-16-10-14(3)7-9-18(16)21-5/h7,9-10,13,15,17,20H,6,8,11-12H2,1-5H3. The highest BCUT2D eigenvalue weighted by molar-refractivity contribution is 5.38. The van der Waals surface area contributed by atoms with Gasteiger partial charge in [-0.05, 0) is 49.1 Å². The van der Waals surface area contributed by atoms with Gasteiger partial charge in [-0.25, -0.2) is 0 Å². The minimum Gasteiger partial charge on any atom is -0.496 e. The van der Waals surface area contributed by atoms with E-state index < -0.39 is 5.60 Å². The number of aryl methyl sites for hydroxylation is 1. The zero-order chi connectivity index (χ0) is 15.6. The Bertz CT molecular complexity index is 480. The van der Waals surface area contributed by atoms with Gasteiger partial charge >= 0.3 is 0 Å². The van der Waals surface area contributed by atoms with Crippen LogP contribution in [0, 0.1) is 24.7 Å². The van der Waals surface area contributed by atoms with E-state index >= 15 is 0 Å². The van der Waals surface area contributed by atoms with Gasteiger partial charge in [-0.15, -0.1) is 0 Å². The lowest BCUT2D eigenvalue weighted by atomic mass is 9.65. The molecule has 0 amide bonds. The van der Waals surface area contributed by atoms with E-state index in [4.69, 9.17) is 4.74 Å². The summed E-state index contributed by atoms with van der Waals surface area (Å²) >= 11 is 0. The van der Waals surface area contributed by atoms with Gasteiger partial charge in [0.2, 0.25) is 0 Å². The van der Waals surface area contributed by atoms with Gasteiger partial charge in [0.25, 0.3) is 0 Å². The lowest BCUT2D eigenvalue weighted by Crippen LogP contribution is -2.47. The van der Waals surface area contributed by atoms with E-state index in [2.05, 4.69) is 39.8 Å². The number of hydrogen-bond acceptors (Lipinski definition) is 2. The summed E-state index contributed by atoms with van der Waals surface area (Å²) < 4.78 is 5.50. The molecule has 0 spiro atoms. The van der Waals surface area contributed by atoms with Crippen molar-refractivity contribution in [3.8, 4) is 5.75 Å². The molecule has 0 heterocycles. The van der Waals surface area contributed by atoms with Gasteiger partial charge in [-0.2, -0.15) is 0 Å². The van der Waals surface area contributed by atoms with Crippen LogP contribution in [-0.2, 0) is 6.42 Å². The summed E-state index contributed by atoms with van der Waals surface area (Å²) in [7, 11) is 1.71. The van der Waals surface area contributed by atoms with Gasteiger partial charge in [0, 0.05) is 6.42 Å². The Hall–Kier alpha value is -1.02. The van der Waals surface area contributed by atoms with Crippen LogP contribution in [0.25, 0.3) is 0 Å². The maximum absolute atomic E-state index is 11.4. The van der Waals surface area contributed by atoms with Crippen molar-refractivity contribution in [3.63, 3.8) is 0 Å². The summed E-state index contributed by atoms with van der Waals surface area (Å²) in [6, 6.07) is 6.24. The Morgan fingerprint density at radius 2 is 2.05 bits per heavy atom. The molecule has 3 unspecified atom stereocenters. The molecule has 2 rings (SSSR count). The molecule has 1 aromatic carbocycles. The molecular weight excluding hydrogens is 260 g/mol. The fourth-order valence-corrected chi connectivity index (χ4v) is 4.12. The van der Waals surface area contributed by atoms with Gasteiger partial charge in [0.1, 0.15) is 5.75 Å². The Morgan fingerprint density at radius 1 is 1.33 bits per heavy atom. The predicted octanol–water partition coefficient (Wildman–Crippen LogP) is 4.37. The Balaban J connectivity index is 2.31. The lowest BCUT2D eigenvalue weighted by Gasteiger charge is -2.45. The third kappa shape index (κ3) is 3.60. The van der Waals surface area contributed by atoms with Crippen LogP contribution in [0.3, 0.4) is 0 Å². The van der Waals surface area contributed by atoms with Crippen LogP contribution in [0.15, 0.2) is 18.2 Å². The maximum Gasteiger partial charge on any atom is 0.122 e. The summed E-state index contributed by atoms with van der Waals surface area (Å²) in [5.41, 5.74) is 1.76. The molecule has 1 fully saturated rings. The van der Waals surface area contributed by atoms with Crippen molar-refractivity contribution >= 4 is 0 Å². The fraction of sp³-hybridized carbons (Fsp3) is 0.684. The fourth-order valence-electron chi connectivity index (χ4n) is 4.12. The van der Waals surface area contributed by atoms with Crippen molar-refractivity contribution in [1.82, 2.24) is 0 Å². The quantitative estimate of drug-likeness (QED) is 0.892. The normalized spacial score (nSPS) is 29.7. The number of ether oxygens (including phenoxy) is 1. The Morgan fingerprint density at radius 3 is 2.67 bits per heavy atom. The zero-order valence-electron chi connectivity index (χ0n) is 14.1. The zero-order valence-corrected chi connectivity index (χ0v) is 14.1. The van der Waals surface area contributed by atoms with Gasteiger partial charge in [-0.1, -0.05) is 44.9 Å². The third-order valence-electron chi connectivity index (χ3n) is 5.10. The number of aliphatic hydroxyl groups is 1. The van der Waals surface area contributed by atoms with Crippen LogP contribution in [0.1, 0.15) is 51.2 Å². The molecule has 2 heteroatoms. The molecule has 118 valence electrons. The maximum atomic E-state index is 11.4. The molecule has 0 bridgehead atoms. The number of rotatable bonds is 4. The molecule has 1 aliphatic carbocycles. The first-order valence-corrected chi connectivity index (χ1v) is 8.21. The first-order valence-electron chi connectivity index (χ1n) is 8.21. The van der Waals surface area contributed by atoms with Crippen molar-refractivity contribution in [2.45, 2.75) is 59.0 Å². The number of benzene rings is 1. The van der Waals surface area contributed by atoms with Crippen LogP contribution in [-0.4, -0.2) is 17.8 Å². The molecule has 21 heavy (non-hydrogen) atoms. The van der Waals surface area contributed by atoms with Crippen molar-refractivity contribution in [2.75, 3.05) is 7.11 Å². The van der Waals surface area contributed by atoms with Crippen molar-refractivity contribution < 1.29 is 9.84 Å². The molecule has 1 saturated carbocycles. The highest BCUT2D eigenvalue weighted by atomic mass is 16.5. The largest absolute Gasteiger partial charge is 0.496 e. The second-order valence-electron chi connectivity index (χ2n) is 7.33. The summed E-state index contributed by atoms with van der Waals surface area (Å²) in [6.07, 6.45) is 3.96. The SMILES string of the molecule is COc1ccc(C)cc1CC1(O)CC(C)CCC1C(C)C. The van der Waals surface area contributed by atoms with E-state index in [1.807, 2.05) is 6.07 Å². The molecule has 0 aromatic heterocycles. The highest BCUT2D eigenvalue weighted by Crippen LogP contribution is 2.43. The van der Waals surface area contributed by atoms with Crippen LogP contribution >= 0.6 is 0 Å². The minimum absolute atomic E-state index is 0.374. The predicted molar refractivity (Wildman–Crippen MR) is 87.7 cm³/mol. The van der Waals surface area contributed by atoms with Crippen molar-refractivity contribution in [3.05, 3.63) is 29.3 Å². The van der Waals surface area contributed by atoms with Crippen LogP contribution in [0.5, 0.6) is 5.75 Å². The molecule has 2 nitrogen and oxygen atoms in total. The van der Waals surface area contributed by atoms with Crippen LogP contribution in [0.4, 0.5) is 0 Å². The first-order chi connectivity index (χ1) is 9.85. The third-order valence-corrected chi connectivity index (χ3v) is 5.10. The van der Waals surface area contributed by atoms with Crippen LogP contribution < -0.4 is 4.74 Å². The molecule has 0 saturated heterocycles. The van der Waals surface area contributed by atoms with Gasteiger partial charge in [-0.3, -0.25) is 0 Å². The molecule has 1 N–H and O–H groups in total. The van der Waals surface area contributed by atoms with Gasteiger partial charge < -0.3 is 9.84 Å². The summed E-state index contributed by atoms with van der Waals surface area (Å²) in [5, 5.41) is 11.4.